The average Bonchev–Trinajstić information content (AvgIpc) is 3.39. The molecule has 0 saturated carbocycles. The zero-order chi connectivity index (χ0) is 30.8. The quantitative estimate of drug-likeness (QED) is 0.232. The molecule has 224 valence electrons. The van der Waals surface area contributed by atoms with Gasteiger partial charge in [-0.05, 0) is 63.3 Å². The first kappa shape index (κ1) is 28.9. The molecule has 0 radical (unpaired) electrons. The van der Waals surface area contributed by atoms with Crippen molar-refractivity contribution in [3.05, 3.63) is 94.5 Å². The molecule has 1 amide bonds. The fourth-order valence-electron chi connectivity index (χ4n) is 5.30. The van der Waals surface area contributed by atoms with Crippen LogP contribution in [0.4, 0.5) is 10.5 Å². The largest absolute Gasteiger partial charge is 0.490 e. The van der Waals surface area contributed by atoms with Crippen molar-refractivity contribution in [1.29, 1.82) is 0 Å². The molecule has 1 fully saturated rings. The minimum atomic E-state index is -0.500. The van der Waals surface area contributed by atoms with Gasteiger partial charge in [0.1, 0.15) is 5.60 Å². The van der Waals surface area contributed by atoms with Crippen molar-refractivity contribution >= 4 is 28.6 Å². The number of fused-ring (bicyclic) bond motifs is 3. The monoisotopic (exact) mass is 591 g/mol. The van der Waals surface area contributed by atoms with Crippen LogP contribution in [-0.2, 0) is 11.3 Å². The number of carbonyl (C=O) groups is 1. The molecule has 2 aromatic carbocycles. The van der Waals surface area contributed by atoms with Crippen molar-refractivity contribution in [2.45, 2.75) is 45.8 Å². The van der Waals surface area contributed by atoms with Crippen molar-refractivity contribution in [3.63, 3.8) is 0 Å². The van der Waals surface area contributed by atoms with Crippen LogP contribution >= 0.6 is 0 Å². The van der Waals surface area contributed by atoms with E-state index in [1.807, 2.05) is 49.4 Å². The highest BCUT2D eigenvalue weighted by molar-refractivity contribution is 5.83. The van der Waals surface area contributed by atoms with E-state index in [-0.39, 0.29) is 11.7 Å². The molecule has 11 nitrogen and oxygen atoms in total. The van der Waals surface area contributed by atoms with E-state index in [9.17, 15) is 9.59 Å². The summed E-state index contributed by atoms with van der Waals surface area (Å²) in [5.74, 6) is 1.98. The van der Waals surface area contributed by atoms with E-state index in [0.717, 1.165) is 29.5 Å². The Balaban J connectivity index is 1.11. The summed E-state index contributed by atoms with van der Waals surface area (Å²) in [5.41, 5.74) is 3.05. The molecule has 44 heavy (non-hydrogen) atoms. The van der Waals surface area contributed by atoms with Crippen molar-refractivity contribution in [2.24, 2.45) is 5.92 Å². The number of benzene rings is 2. The predicted octanol–water partition coefficient (Wildman–Crippen LogP) is 5.73. The average molecular weight is 592 g/mol. The van der Waals surface area contributed by atoms with E-state index in [0.29, 0.717) is 60.7 Å². The number of amides is 1. The molecule has 5 aromatic rings. The van der Waals surface area contributed by atoms with Crippen molar-refractivity contribution in [3.8, 4) is 17.1 Å². The third kappa shape index (κ3) is 6.24. The van der Waals surface area contributed by atoms with Gasteiger partial charge in [0.05, 0.1) is 43.2 Å². The van der Waals surface area contributed by atoms with Gasteiger partial charge in [-0.15, -0.1) is 0 Å². The molecule has 0 bridgehead atoms. The maximum absolute atomic E-state index is 12.9. The molecule has 1 aliphatic heterocycles. The first-order chi connectivity index (χ1) is 21.2. The van der Waals surface area contributed by atoms with E-state index in [1.54, 1.807) is 46.3 Å². The number of likely N-dealkylation sites (tertiary alicyclic amines) is 1. The number of nitrogens with zero attached hydrogens (tertiary/aromatic N) is 7. The fourth-order valence-corrected chi connectivity index (χ4v) is 5.30. The lowest BCUT2D eigenvalue weighted by atomic mass is 9.98. The van der Waals surface area contributed by atoms with Gasteiger partial charge in [0, 0.05) is 30.9 Å². The van der Waals surface area contributed by atoms with Gasteiger partial charge in [-0.25, -0.2) is 24.6 Å². The number of carbonyl (C=O) groups excluding carboxylic acids is 1. The van der Waals surface area contributed by atoms with Gasteiger partial charge in [-0.2, -0.15) is 0 Å². The Morgan fingerprint density at radius 1 is 1.07 bits per heavy atom. The standard InChI is InChI=1S/C33H33N7O4/c1-33(2,3)44-32(42)38-13-10-22(11-14-38)21-43-26-18-35-30(36-19-26)24-7-5-6-23(16-24)20-40-29(41)12-15-39-28-17-25(34-4)8-9-27(28)37-31(39)40/h5-9,12,15-19,22H,10-11,13-14,20-21H2,1-3H3. The van der Waals surface area contributed by atoms with Crippen LogP contribution in [0.2, 0.25) is 0 Å². The van der Waals surface area contributed by atoms with Crippen LogP contribution in [-0.4, -0.2) is 60.2 Å². The number of hydrogen-bond donors (Lipinski definition) is 0. The molecular formula is C33H33N7O4. The van der Waals surface area contributed by atoms with E-state index in [4.69, 9.17) is 16.0 Å². The Hall–Kier alpha value is -5.24. The second-order valence-electron chi connectivity index (χ2n) is 12.0. The molecule has 6 rings (SSSR count). The summed E-state index contributed by atoms with van der Waals surface area (Å²) >= 11 is 0. The minimum absolute atomic E-state index is 0.170. The van der Waals surface area contributed by atoms with E-state index in [2.05, 4.69) is 19.8 Å². The summed E-state index contributed by atoms with van der Waals surface area (Å²) in [4.78, 5) is 44.2. The van der Waals surface area contributed by atoms with Gasteiger partial charge in [0.2, 0.25) is 5.78 Å². The van der Waals surface area contributed by atoms with Gasteiger partial charge < -0.3 is 14.4 Å². The lowest BCUT2D eigenvalue weighted by Gasteiger charge is -2.33. The SMILES string of the molecule is [C-]#[N+]c1ccc2nc3n(Cc4cccc(-c5ncc(OCC6CCN(C(=O)OC(C)(C)C)CC6)cn5)c4)c(=O)ccn3c2c1. The number of rotatable bonds is 6. The highest BCUT2D eigenvalue weighted by Gasteiger charge is 2.27. The van der Waals surface area contributed by atoms with Crippen LogP contribution in [0.1, 0.15) is 39.2 Å². The Kier molecular flexibility index (Phi) is 7.74. The first-order valence-corrected chi connectivity index (χ1v) is 14.6. The lowest BCUT2D eigenvalue weighted by Crippen LogP contribution is -2.42. The fraction of sp³-hybridized carbons (Fsp3) is 0.333. The first-order valence-electron chi connectivity index (χ1n) is 14.6. The Bertz CT molecular complexity index is 1930. The number of imidazole rings is 1. The molecule has 0 unspecified atom stereocenters. The van der Waals surface area contributed by atoms with Gasteiger partial charge in [0.15, 0.2) is 17.3 Å². The zero-order valence-electron chi connectivity index (χ0n) is 24.9. The number of piperidine rings is 1. The molecule has 11 heteroatoms. The van der Waals surface area contributed by atoms with E-state index in [1.165, 1.54) is 6.07 Å². The maximum Gasteiger partial charge on any atom is 0.410 e. The van der Waals surface area contributed by atoms with Gasteiger partial charge in [-0.3, -0.25) is 13.8 Å². The molecular weight excluding hydrogens is 558 g/mol. The molecule has 1 saturated heterocycles. The number of hydrogen-bond acceptors (Lipinski definition) is 7. The molecule has 1 aliphatic rings. The van der Waals surface area contributed by atoms with Crippen LogP contribution in [0.5, 0.6) is 5.75 Å². The maximum atomic E-state index is 12.9. The van der Waals surface area contributed by atoms with E-state index < -0.39 is 5.60 Å². The Morgan fingerprint density at radius 2 is 1.84 bits per heavy atom. The molecule has 0 spiro atoms. The summed E-state index contributed by atoms with van der Waals surface area (Å²) in [5, 5.41) is 0. The summed E-state index contributed by atoms with van der Waals surface area (Å²) in [7, 11) is 0. The molecule has 3 aromatic heterocycles. The molecule has 0 aliphatic carbocycles. The summed E-state index contributed by atoms with van der Waals surface area (Å²) in [6, 6.07) is 14.6. The van der Waals surface area contributed by atoms with Crippen LogP contribution in [0, 0.1) is 12.5 Å². The summed E-state index contributed by atoms with van der Waals surface area (Å²) in [6.45, 7) is 15.1. The molecule has 0 N–H and O–H groups in total. The van der Waals surface area contributed by atoms with Crippen LogP contribution in [0.3, 0.4) is 0 Å². The number of ether oxygens (including phenoxy) is 2. The normalized spacial score (nSPS) is 14.1. The van der Waals surface area contributed by atoms with Crippen LogP contribution in [0.25, 0.3) is 33.0 Å². The third-order valence-electron chi connectivity index (χ3n) is 7.56. The van der Waals surface area contributed by atoms with Gasteiger partial charge in [0.25, 0.3) is 5.56 Å². The zero-order valence-corrected chi connectivity index (χ0v) is 24.9. The Morgan fingerprint density at radius 3 is 2.57 bits per heavy atom. The summed E-state index contributed by atoms with van der Waals surface area (Å²) < 4.78 is 14.9. The van der Waals surface area contributed by atoms with E-state index >= 15 is 0 Å². The van der Waals surface area contributed by atoms with Gasteiger partial charge >= 0.3 is 6.09 Å². The van der Waals surface area contributed by atoms with Crippen LogP contribution < -0.4 is 10.3 Å². The van der Waals surface area contributed by atoms with Crippen molar-refractivity contribution in [2.75, 3.05) is 19.7 Å². The summed E-state index contributed by atoms with van der Waals surface area (Å²) in [6.07, 6.45) is 6.46. The van der Waals surface area contributed by atoms with Crippen molar-refractivity contribution < 1.29 is 14.3 Å². The molecule has 4 heterocycles. The Labute approximate surface area is 254 Å². The highest BCUT2D eigenvalue weighted by Crippen LogP contribution is 2.24. The minimum Gasteiger partial charge on any atom is -0.490 e. The smallest absolute Gasteiger partial charge is 0.410 e. The van der Waals surface area contributed by atoms with Gasteiger partial charge in [-0.1, -0.05) is 24.3 Å². The highest BCUT2D eigenvalue weighted by atomic mass is 16.6. The third-order valence-corrected chi connectivity index (χ3v) is 7.56. The second-order valence-corrected chi connectivity index (χ2v) is 12.0. The lowest BCUT2D eigenvalue weighted by molar-refractivity contribution is 0.0165. The molecule has 0 atom stereocenters. The predicted molar refractivity (Wildman–Crippen MR) is 166 cm³/mol. The topological polar surface area (TPSA) is 108 Å². The second kappa shape index (κ2) is 11.8. The number of aromatic nitrogens is 5. The van der Waals surface area contributed by atoms with Crippen LogP contribution in [0.15, 0.2) is 71.9 Å². The van der Waals surface area contributed by atoms with Crippen molar-refractivity contribution in [1.82, 2.24) is 28.8 Å².